The quantitative estimate of drug-likeness (QED) is 0.765. The summed E-state index contributed by atoms with van der Waals surface area (Å²) in [6.45, 7) is 3.93. The van der Waals surface area contributed by atoms with Crippen LogP contribution in [0.4, 0.5) is 11.5 Å². The minimum absolute atomic E-state index is 0.183. The fraction of sp³-hybridized carbons (Fsp3) is 0.167. The molecule has 7 heteroatoms. The van der Waals surface area contributed by atoms with Gasteiger partial charge in [0.25, 0.3) is 11.8 Å². The number of carbonyl (C=O) groups excluding carboxylic acids is 2. The number of nitrogens with one attached hydrogen (secondary N) is 2. The van der Waals surface area contributed by atoms with Crippen molar-refractivity contribution in [3.63, 3.8) is 0 Å². The maximum atomic E-state index is 12.4. The van der Waals surface area contributed by atoms with Gasteiger partial charge in [-0.3, -0.25) is 14.3 Å². The third-order valence-electron chi connectivity index (χ3n) is 3.58. The van der Waals surface area contributed by atoms with E-state index in [9.17, 15) is 9.59 Å². The lowest BCUT2D eigenvalue weighted by molar-refractivity contribution is 0.0993. The SMILES string of the molecule is Cc1cc(C)cc(NC(=O)c2cc(NC(=O)c3ccco3)n(C)n2)c1. The fourth-order valence-electron chi connectivity index (χ4n) is 2.52. The molecular weight excluding hydrogens is 320 g/mol. The van der Waals surface area contributed by atoms with Gasteiger partial charge in [0.05, 0.1) is 6.26 Å². The number of benzene rings is 1. The molecular formula is C18H18N4O3. The lowest BCUT2D eigenvalue weighted by Crippen LogP contribution is -2.13. The van der Waals surface area contributed by atoms with Crippen molar-refractivity contribution < 1.29 is 14.0 Å². The first-order chi connectivity index (χ1) is 11.9. The van der Waals surface area contributed by atoms with Crippen LogP contribution in [0.15, 0.2) is 47.1 Å². The standard InChI is InChI=1S/C18H18N4O3/c1-11-7-12(2)9-13(8-11)19-17(23)14-10-16(22(3)21-14)20-18(24)15-5-4-6-25-15/h4-10H,1-3H3,(H,19,23)(H,20,24). The van der Waals surface area contributed by atoms with Gasteiger partial charge in [-0.15, -0.1) is 0 Å². The van der Waals surface area contributed by atoms with E-state index in [4.69, 9.17) is 4.42 Å². The number of furan rings is 1. The molecule has 3 aromatic rings. The topological polar surface area (TPSA) is 89.2 Å². The predicted molar refractivity (Wildman–Crippen MR) is 93.7 cm³/mol. The number of anilines is 2. The molecule has 0 unspecified atom stereocenters. The summed E-state index contributed by atoms with van der Waals surface area (Å²) < 4.78 is 6.47. The molecule has 1 aromatic carbocycles. The second kappa shape index (κ2) is 6.64. The molecule has 128 valence electrons. The van der Waals surface area contributed by atoms with E-state index in [0.29, 0.717) is 11.5 Å². The number of amides is 2. The van der Waals surface area contributed by atoms with E-state index in [1.807, 2.05) is 32.0 Å². The first kappa shape index (κ1) is 16.5. The van der Waals surface area contributed by atoms with E-state index in [0.717, 1.165) is 11.1 Å². The van der Waals surface area contributed by atoms with Crippen molar-refractivity contribution in [1.82, 2.24) is 9.78 Å². The normalized spacial score (nSPS) is 10.5. The Morgan fingerprint density at radius 1 is 1.04 bits per heavy atom. The van der Waals surface area contributed by atoms with Crippen LogP contribution in [-0.2, 0) is 7.05 Å². The third-order valence-corrected chi connectivity index (χ3v) is 3.58. The molecule has 2 N–H and O–H groups in total. The van der Waals surface area contributed by atoms with Crippen LogP contribution in [-0.4, -0.2) is 21.6 Å². The summed E-state index contributed by atoms with van der Waals surface area (Å²) in [5, 5.41) is 9.62. The Labute approximate surface area is 144 Å². The van der Waals surface area contributed by atoms with E-state index in [1.54, 1.807) is 19.2 Å². The molecule has 3 rings (SSSR count). The molecule has 0 radical (unpaired) electrons. The van der Waals surface area contributed by atoms with Crippen LogP contribution >= 0.6 is 0 Å². The molecule has 0 bridgehead atoms. The van der Waals surface area contributed by atoms with Crippen LogP contribution in [0, 0.1) is 13.8 Å². The zero-order valence-electron chi connectivity index (χ0n) is 14.2. The van der Waals surface area contributed by atoms with Gasteiger partial charge in [-0.05, 0) is 49.2 Å². The monoisotopic (exact) mass is 338 g/mol. The zero-order chi connectivity index (χ0) is 18.0. The summed E-state index contributed by atoms with van der Waals surface area (Å²) in [6.07, 6.45) is 1.42. The van der Waals surface area contributed by atoms with Crippen molar-refractivity contribution in [2.45, 2.75) is 13.8 Å². The van der Waals surface area contributed by atoms with Crippen LogP contribution in [0.3, 0.4) is 0 Å². The highest BCUT2D eigenvalue weighted by molar-refractivity contribution is 6.05. The highest BCUT2D eigenvalue weighted by atomic mass is 16.3. The smallest absolute Gasteiger partial charge is 0.292 e. The molecule has 0 aliphatic carbocycles. The highest BCUT2D eigenvalue weighted by Crippen LogP contribution is 2.16. The van der Waals surface area contributed by atoms with Crippen LogP contribution < -0.4 is 10.6 Å². The molecule has 2 heterocycles. The van der Waals surface area contributed by atoms with Crippen molar-refractivity contribution in [2.75, 3.05) is 10.6 Å². The minimum atomic E-state index is -0.408. The van der Waals surface area contributed by atoms with Crippen LogP contribution in [0.2, 0.25) is 0 Å². The third kappa shape index (κ3) is 3.77. The number of aromatic nitrogens is 2. The summed E-state index contributed by atoms with van der Waals surface area (Å²) >= 11 is 0. The number of hydrogen-bond acceptors (Lipinski definition) is 4. The van der Waals surface area contributed by atoms with Gasteiger partial charge < -0.3 is 15.1 Å². The van der Waals surface area contributed by atoms with Gasteiger partial charge >= 0.3 is 0 Å². The Morgan fingerprint density at radius 3 is 2.40 bits per heavy atom. The molecule has 7 nitrogen and oxygen atoms in total. The Morgan fingerprint density at radius 2 is 1.76 bits per heavy atom. The van der Waals surface area contributed by atoms with Crippen LogP contribution in [0.1, 0.15) is 32.2 Å². The Balaban J connectivity index is 1.75. The second-order valence-corrected chi connectivity index (χ2v) is 5.80. The van der Waals surface area contributed by atoms with Gasteiger partial charge in [0.1, 0.15) is 5.82 Å². The van der Waals surface area contributed by atoms with Crippen molar-refractivity contribution in [3.05, 3.63) is 65.2 Å². The molecule has 0 aliphatic heterocycles. The molecule has 0 spiro atoms. The fourth-order valence-corrected chi connectivity index (χ4v) is 2.52. The molecule has 0 fully saturated rings. The number of carbonyl (C=O) groups is 2. The van der Waals surface area contributed by atoms with E-state index < -0.39 is 5.91 Å². The number of hydrogen-bond donors (Lipinski definition) is 2. The summed E-state index contributed by atoms with van der Waals surface area (Å²) in [5.74, 6) is -0.178. The van der Waals surface area contributed by atoms with Crippen molar-refractivity contribution in [2.24, 2.45) is 7.05 Å². The highest BCUT2D eigenvalue weighted by Gasteiger charge is 2.16. The van der Waals surface area contributed by atoms with Crippen LogP contribution in [0.25, 0.3) is 0 Å². The number of rotatable bonds is 4. The molecule has 0 atom stereocenters. The van der Waals surface area contributed by atoms with Crippen molar-refractivity contribution >= 4 is 23.3 Å². The Bertz CT molecular complexity index is 906. The van der Waals surface area contributed by atoms with E-state index in [-0.39, 0.29) is 17.4 Å². The van der Waals surface area contributed by atoms with Crippen molar-refractivity contribution in [3.8, 4) is 0 Å². The lowest BCUT2D eigenvalue weighted by Gasteiger charge is -2.05. The number of nitrogens with zero attached hydrogens (tertiary/aromatic N) is 2. The van der Waals surface area contributed by atoms with E-state index in [1.165, 1.54) is 17.0 Å². The van der Waals surface area contributed by atoms with Gasteiger partial charge in [0, 0.05) is 18.8 Å². The molecule has 0 aliphatic rings. The minimum Gasteiger partial charge on any atom is -0.459 e. The molecule has 2 amide bonds. The van der Waals surface area contributed by atoms with E-state index >= 15 is 0 Å². The lowest BCUT2D eigenvalue weighted by atomic mass is 10.1. The second-order valence-electron chi connectivity index (χ2n) is 5.80. The first-order valence-corrected chi connectivity index (χ1v) is 7.71. The molecule has 0 saturated heterocycles. The van der Waals surface area contributed by atoms with Gasteiger partial charge in [-0.2, -0.15) is 5.10 Å². The van der Waals surface area contributed by atoms with Gasteiger partial charge in [-0.1, -0.05) is 6.07 Å². The van der Waals surface area contributed by atoms with Gasteiger partial charge in [0.15, 0.2) is 11.5 Å². The van der Waals surface area contributed by atoms with Gasteiger partial charge in [0.2, 0.25) is 0 Å². The molecule has 2 aromatic heterocycles. The summed E-state index contributed by atoms with van der Waals surface area (Å²) in [5.41, 5.74) is 3.02. The predicted octanol–water partition coefficient (Wildman–Crippen LogP) is 3.13. The summed E-state index contributed by atoms with van der Waals surface area (Å²) in [7, 11) is 1.64. The maximum absolute atomic E-state index is 12.4. The van der Waals surface area contributed by atoms with Crippen molar-refractivity contribution in [1.29, 1.82) is 0 Å². The van der Waals surface area contributed by atoms with E-state index in [2.05, 4.69) is 15.7 Å². The average Bonchev–Trinajstić information content (AvgIpc) is 3.17. The summed E-state index contributed by atoms with van der Waals surface area (Å²) in [4.78, 5) is 24.4. The molecule has 0 saturated carbocycles. The Kier molecular flexibility index (Phi) is 4.38. The molecule has 25 heavy (non-hydrogen) atoms. The largest absolute Gasteiger partial charge is 0.459 e. The first-order valence-electron chi connectivity index (χ1n) is 7.71. The van der Waals surface area contributed by atoms with Crippen LogP contribution in [0.5, 0.6) is 0 Å². The zero-order valence-corrected chi connectivity index (χ0v) is 14.2. The number of aryl methyl sites for hydroxylation is 3. The maximum Gasteiger partial charge on any atom is 0.292 e. The summed E-state index contributed by atoms with van der Waals surface area (Å²) in [6, 6.07) is 10.5. The Hall–Kier alpha value is -3.35. The average molecular weight is 338 g/mol. The van der Waals surface area contributed by atoms with Gasteiger partial charge in [-0.25, -0.2) is 0 Å².